The van der Waals surface area contributed by atoms with E-state index in [1.807, 2.05) is 19.1 Å². The highest BCUT2D eigenvalue weighted by atomic mass is 35.5. The summed E-state index contributed by atoms with van der Waals surface area (Å²) < 4.78 is 0. The van der Waals surface area contributed by atoms with Crippen LogP contribution in [0.25, 0.3) is 0 Å². The molecule has 0 aliphatic heterocycles. The molecule has 0 spiro atoms. The van der Waals surface area contributed by atoms with E-state index < -0.39 is 0 Å². The Bertz CT molecular complexity index is 427. The number of anilines is 1. The van der Waals surface area contributed by atoms with Gasteiger partial charge in [-0.1, -0.05) is 17.7 Å². The SMILES string of the molecule is CC(Nc1cccc(Cl)n1)c1ncc[nH]1. The molecule has 0 radical (unpaired) electrons. The van der Waals surface area contributed by atoms with E-state index in [-0.39, 0.29) is 6.04 Å². The molecule has 0 amide bonds. The number of pyridine rings is 1. The molecule has 15 heavy (non-hydrogen) atoms. The fraction of sp³-hybridized carbons (Fsp3) is 0.200. The van der Waals surface area contributed by atoms with Gasteiger partial charge >= 0.3 is 0 Å². The summed E-state index contributed by atoms with van der Waals surface area (Å²) in [5, 5.41) is 3.67. The summed E-state index contributed by atoms with van der Waals surface area (Å²) in [6, 6.07) is 5.54. The summed E-state index contributed by atoms with van der Waals surface area (Å²) >= 11 is 5.78. The zero-order valence-corrected chi connectivity index (χ0v) is 8.99. The average molecular weight is 223 g/mol. The smallest absolute Gasteiger partial charge is 0.131 e. The standard InChI is InChI=1S/C10H11ClN4/c1-7(10-12-5-6-13-10)14-9-4-2-3-8(11)15-9/h2-7H,1H3,(H,12,13)(H,14,15). The highest BCUT2D eigenvalue weighted by molar-refractivity contribution is 6.29. The van der Waals surface area contributed by atoms with E-state index >= 15 is 0 Å². The first-order valence-electron chi connectivity index (χ1n) is 4.64. The highest BCUT2D eigenvalue weighted by Crippen LogP contribution is 2.15. The van der Waals surface area contributed by atoms with Gasteiger partial charge in [-0.05, 0) is 19.1 Å². The van der Waals surface area contributed by atoms with E-state index in [4.69, 9.17) is 11.6 Å². The third-order valence-corrected chi connectivity index (χ3v) is 2.22. The molecule has 2 aromatic rings. The van der Waals surface area contributed by atoms with Crippen molar-refractivity contribution in [3.63, 3.8) is 0 Å². The molecule has 0 bridgehead atoms. The van der Waals surface area contributed by atoms with Crippen LogP contribution in [0.2, 0.25) is 5.15 Å². The third kappa shape index (κ3) is 2.47. The summed E-state index contributed by atoms with van der Waals surface area (Å²) in [5.74, 6) is 1.61. The molecule has 0 saturated carbocycles. The predicted molar refractivity (Wildman–Crippen MR) is 59.9 cm³/mol. The Morgan fingerprint density at radius 3 is 3.00 bits per heavy atom. The minimum Gasteiger partial charge on any atom is -0.360 e. The molecule has 0 aliphatic rings. The van der Waals surface area contributed by atoms with Gasteiger partial charge in [0, 0.05) is 12.4 Å². The second-order valence-corrected chi connectivity index (χ2v) is 3.57. The molecule has 0 saturated heterocycles. The van der Waals surface area contributed by atoms with Crippen LogP contribution in [0.5, 0.6) is 0 Å². The Morgan fingerprint density at radius 2 is 2.33 bits per heavy atom. The molecule has 5 heteroatoms. The first-order chi connectivity index (χ1) is 7.25. The van der Waals surface area contributed by atoms with Crippen LogP contribution in [0.3, 0.4) is 0 Å². The molecular formula is C10H11ClN4. The van der Waals surface area contributed by atoms with Gasteiger partial charge in [0.2, 0.25) is 0 Å². The van der Waals surface area contributed by atoms with E-state index in [1.54, 1.807) is 18.5 Å². The molecule has 0 aromatic carbocycles. The number of nitrogens with zero attached hydrogens (tertiary/aromatic N) is 2. The number of hydrogen-bond acceptors (Lipinski definition) is 3. The molecule has 4 nitrogen and oxygen atoms in total. The number of H-pyrrole nitrogens is 1. The van der Waals surface area contributed by atoms with E-state index in [0.29, 0.717) is 5.15 Å². The molecule has 2 N–H and O–H groups in total. The van der Waals surface area contributed by atoms with Crippen LogP contribution in [-0.4, -0.2) is 15.0 Å². The Hall–Kier alpha value is -1.55. The van der Waals surface area contributed by atoms with Crippen molar-refractivity contribution in [2.45, 2.75) is 13.0 Å². The van der Waals surface area contributed by atoms with Crippen molar-refractivity contribution >= 4 is 17.4 Å². The highest BCUT2D eigenvalue weighted by Gasteiger charge is 2.07. The van der Waals surface area contributed by atoms with Crippen LogP contribution in [0.1, 0.15) is 18.8 Å². The van der Waals surface area contributed by atoms with Crippen LogP contribution in [0, 0.1) is 0 Å². The molecular weight excluding hydrogens is 212 g/mol. The fourth-order valence-electron chi connectivity index (χ4n) is 1.29. The minimum atomic E-state index is 0.0750. The van der Waals surface area contributed by atoms with E-state index in [9.17, 15) is 0 Å². The summed E-state index contributed by atoms with van der Waals surface area (Å²) in [4.78, 5) is 11.3. The van der Waals surface area contributed by atoms with Gasteiger partial charge in [-0.15, -0.1) is 0 Å². The van der Waals surface area contributed by atoms with Crippen LogP contribution >= 0.6 is 11.6 Å². The molecule has 1 atom stereocenters. The number of imidazole rings is 1. The lowest BCUT2D eigenvalue weighted by atomic mass is 10.3. The normalized spacial score (nSPS) is 12.4. The van der Waals surface area contributed by atoms with Crippen molar-refractivity contribution in [2.24, 2.45) is 0 Å². The number of aromatic amines is 1. The number of aromatic nitrogens is 3. The fourth-order valence-corrected chi connectivity index (χ4v) is 1.46. The topological polar surface area (TPSA) is 53.6 Å². The second kappa shape index (κ2) is 4.31. The van der Waals surface area contributed by atoms with Crippen molar-refractivity contribution in [1.29, 1.82) is 0 Å². The van der Waals surface area contributed by atoms with Crippen LogP contribution < -0.4 is 5.32 Å². The van der Waals surface area contributed by atoms with Gasteiger partial charge in [0.05, 0.1) is 6.04 Å². The summed E-state index contributed by atoms with van der Waals surface area (Å²) in [5.41, 5.74) is 0. The summed E-state index contributed by atoms with van der Waals surface area (Å²) in [6.45, 7) is 2.00. The van der Waals surface area contributed by atoms with E-state index in [2.05, 4.69) is 20.3 Å². The molecule has 2 rings (SSSR count). The van der Waals surface area contributed by atoms with Gasteiger partial charge in [0.15, 0.2) is 0 Å². The molecule has 2 aromatic heterocycles. The molecule has 78 valence electrons. The minimum absolute atomic E-state index is 0.0750. The summed E-state index contributed by atoms with van der Waals surface area (Å²) in [6.07, 6.45) is 3.51. The Morgan fingerprint density at radius 1 is 1.47 bits per heavy atom. The maximum atomic E-state index is 5.78. The zero-order valence-electron chi connectivity index (χ0n) is 8.24. The van der Waals surface area contributed by atoms with Gasteiger partial charge in [0.1, 0.15) is 16.8 Å². The quantitative estimate of drug-likeness (QED) is 0.785. The third-order valence-electron chi connectivity index (χ3n) is 2.01. The first-order valence-corrected chi connectivity index (χ1v) is 5.02. The first kappa shape index (κ1) is 9.98. The number of nitrogens with one attached hydrogen (secondary N) is 2. The Kier molecular flexibility index (Phi) is 2.87. The van der Waals surface area contributed by atoms with Gasteiger partial charge in [-0.2, -0.15) is 0 Å². The van der Waals surface area contributed by atoms with Crippen LogP contribution in [-0.2, 0) is 0 Å². The lowest BCUT2D eigenvalue weighted by molar-refractivity contribution is 0.804. The number of rotatable bonds is 3. The van der Waals surface area contributed by atoms with E-state index in [1.165, 1.54) is 0 Å². The van der Waals surface area contributed by atoms with Crippen LogP contribution in [0.15, 0.2) is 30.6 Å². The van der Waals surface area contributed by atoms with Crippen molar-refractivity contribution < 1.29 is 0 Å². The summed E-state index contributed by atoms with van der Waals surface area (Å²) in [7, 11) is 0. The largest absolute Gasteiger partial charge is 0.360 e. The molecule has 1 unspecified atom stereocenters. The molecule has 2 heterocycles. The average Bonchev–Trinajstić information content (AvgIpc) is 2.70. The second-order valence-electron chi connectivity index (χ2n) is 3.19. The Balaban J connectivity index is 2.09. The van der Waals surface area contributed by atoms with Gasteiger partial charge in [-0.3, -0.25) is 0 Å². The van der Waals surface area contributed by atoms with Crippen molar-refractivity contribution in [1.82, 2.24) is 15.0 Å². The predicted octanol–water partition coefficient (Wildman–Crippen LogP) is 2.63. The van der Waals surface area contributed by atoms with E-state index in [0.717, 1.165) is 11.6 Å². The van der Waals surface area contributed by atoms with Crippen molar-refractivity contribution in [3.05, 3.63) is 41.6 Å². The maximum Gasteiger partial charge on any atom is 0.131 e. The maximum absolute atomic E-state index is 5.78. The van der Waals surface area contributed by atoms with Crippen molar-refractivity contribution in [3.8, 4) is 0 Å². The molecule has 0 fully saturated rings. The zero-order chi connectivity index (χ0) is 10.7. The van der Waals surface area contributed by atoms with Gasteiger partial charge < -0.3 is 10.3 Å². The monoisotopic (exact) mass is 222 g/mol. The molecule has 0 aliphatic carbocycles. The van der Waals surface area contributed by atoms with Gasteiger partial charge in [0.25, 0.3) is 0 Å². The van der Waals surface area contributed by atoms with Gasteiger partial charge in [-0.25, -0.2) is 9.97 Å². The number of halogens is 1. The lowest BCUT2D eigenvalue weighted by Crippen LogP contribution is -2.09. The lowest BCUT2D eigenvalue weighted by Gasteiger charge is -2.11. The van der Waals surface area contributed by atoms with Crippen molar-refractivity contribution in [2.75, 3.05) is 5.32 Å². The van der Waals surface area contributed by atoms with Crippen LogP contribution in [0.4, 0.5) is 5.82 Å². The number of hydrogen-bond donors (Lipinski definition) is 2. The Labute approximate surface area is 92.7 Å².